The molecule has 0 bridgehead atoms. The molecule has 0 N–H and O–H groups in total. The van der Waals surface area contributed by atoms with Gasteiger partial charge in [-0.15, -0.1) is 0 Å². The van der Waals surface area contributed by atoms with Crippen molar-refractivity contribution in [3.05, 3.63) is 65.2 Å². The molecule has 4 heteroatoms. The number of nitriles is 1. The molecule has 2 aromatic carbocycles. The molecule has 1 heterocycles. The normalized spacial score (nSPS) is 13.6. The van der Waals surface area contributed by atoms with Crippen molar-refractivity contribution in [2.45, 2.75) is 19.4 Å². The fraction of sp³-hybridized carbons (Fsp3) is 0.263. The Labute approximate surface area is 135 Å². The average molecular weight is 306 g/mol. The molecule has 23 heavy (non-hydrogen) atoms. The van der Waals surface area contributed by atoms with Crippen LogP contribution in [0.1, 0.15) is 34.3 Å². The second-order valence-electron chi connectivity index (χ2n) is 5.58. The third-order valence-corrected chi connectivity index (χ3v) is 4.03. The van der Waals surface area contributed by atoms with E-state index < -0.39 is 0 Å². The van der Waals surface area contributed by atoms with Crippen LogP contribution < -0.4 is 4.74 Å². The summed E-state index contributed by atoms with van der Waals surface area (Å²) in [5.41, 5.74) is 2.16. The molecule has 2 aromatic rings. The Bertz CT molecular complexity index is 726. The van der Waals surface area contributed by atoms with Crippen molar-refractivity contribution in [3.63, 3.8) is 0 Å². The third kappa shape index (κ3) is 3.51. The van der Waals surface area contributed by atoms with Crippen LogP contribution in [-0.2, 0) is 6.61 Å². The minimum absolute atomic E-state index is 0.0869. The molecule has 1 fully saturated rings. The van der Waals surface area contributed by atoms with E-state index in [-0.39, 0.29) is 5.91 Å². The Hall–Kier alpha value is -2.80. The van der Waals surface area contributed by atoms with Crippen molar-refractivity contribution in [2.75, 3.05) is 13.1 Å². The molecule has 0 aliphatic carbocycles. The number of hydrogen-bond acceptors (Lipinski definition) is 3. The molecule has 0 radical (unpaired) electrons. The monoisotopic (exact) mass is 306 g/mol. The van der Waals surface area contributed by atoms with E-state index in [0.29, 0.717) is 23.5 Å². The van der Waals surface area contributed by atoms with E-state index in [1.54, 1.807) is 30.3 Å². The summed E-state index contributed by atoms with van der Waals surface area (Å²) in [5.74, 6) is 0.777. The molecule has 0 spiro atoms. The highest BCUT2D eigenvalue weighted by atomic mass is 16.5. The minimum atomic E-state index is 0.0869. The summed E-state index contributed by atoms with van der Waals surface area (Å²) < 4.78 is 5.72. The van der Waals surface area contributed by atoms with Crippen molar-refractivity contribution >= 4 is 5.91 Å². The fourth-order valence-electron chi connectivity index (χ4n) is 2.71. The second kappa shape index (κ2) is 6.97. The third-order valence-electron chi connectivity index (χ3n) is 4.03. The Kier molecular flexibility index (Phi) is 4.58. The van der Waals surface area contributed by atoms with E-state index in [1.807, 2.05) is 23.1 Å². The van der Waals surface area contributed by atoms with E-state index >= 15 is 0 Å². The van der Waals surface area contributed by atoms with E-state index in [2.05, 4.69) is 6.07 Å². The molecule has 0 atom stereocenters. The summed E-state index contributed by atoms with van der Waals surface area (Å²) in [6.07, 6.45) is 2.18. The fourth-order valence-corrected chi connectivity index (χ4v) is 2.71. The van der Waals surface area contributed by atoms with Crippen LogP contribution in [0, 0.1) is 11.3 Å². The molecule has 4 nitrogen and oxygen atoms in total. The Morgan fingerprint density at radius 1 is 1.09 bits per heavy atom. The van der Waals surface area contributed by atoms with Crippen LogP contribution in [0.2, 0.25) is 0 Å². The summed E-state index contributed by atoms with van der Waals surface area (Å²) in [7, 11) is 0. The van der Waals surface area contributed by atoms with Crippen LogP contribution in [0.5, 0.6) is 5.75 Å². The Morgan fingerprint density at radius 3 is 2.48 bits per heavy atom. The van der Waals surface area contributed by atoms with Crippen molar-refractivity contribution in [3.8, 4) is 11.8 Å². The number of benzene rings is 2. The average Bonchev–Trinajstić information content (AvgIpc) is 3.14. The number of carbonyl (C=O) groups is 1. The molecule has 1 aliphatic heterocycles. The van der Waals surface area contributed by atoms with Crippen molar-refractivity contribution < 1.29 is 9.53 Å². The molecule has 1 aliphatic rings. The summed E-state index contributed by atoms with van der Waals surface area (Å²) in [6, 6.07) is 16.7. The largest absolute Gasteiger partial charge is 0.489 e. The first-order chi connectivity index (χ1) is 11.3. The van der Waals surface area contributed by atoms with Gasteiger partial charge in [0.25, 0.3) is 5.91 Å². The van der Waals surface area contributed by atoms with Gasteiger partial charge in [-0.25, -0.2) is 0 Å². The maximum absolute atomic E-state index is 12.3. The molecule has 1 saturated heterocycles. The minimum Gasteiger partial charge on any atom is -0.489 e. The van der Waals surface area contributed by atoms with E-state index in [4.69, 9.17) is 10.00 Å². The van der Waals surface area contributed by atoms with Gasteiger partial charge in [-0.1, -0.05) is 18.2 Å². The lowest BCUT2D eigenvalue weighted by molar-refractivity contribution is 0.0793. The molecule has 0 aromatic heterocycles. The first kappa shape index (κ1) is 15.1. The SMILES string of the molecule is N#Cc1ccccc1COc1ccc(C(=O)N2CCCC2)cc1. The van der Waals surface area contributed by atoms with Gasteiger partial charge in [-0.3, -0.25) is 4.79 Å². The van der Waals surface area contributed by atoms with Gasteiger partial charge >= 0.3 is 0 Å². The van der Waals surface area contributed by atoms with Crippen LogP contribution in [0.25, 0.3) is 0 Å². The van der Waals surface area contributed by atoms with Crippen LogP contribution in [-0.4, -0.2) is 23.9 Å². The summed E-state index contributed by atoms with van der Waals surface area (Å²) in [5, 5.41) is 9.07. The predicted octanol–water partition coefficient (Wildman–Crippen LogP) is 3.37. The van der Waals surface area contributed by atoms with Crippen LogP contribution in [0.15, 0.2) is 48.5 Å². The summed E-state index contributed by atoms with van der Waals surface area (Å²) >= 11 is 0. The van der Waals surface area contributed by atoms with Gasteiger partial charge in [0.15, 0.2) is 0 Å². The Morgan fingerprint density at radius 2 is 1.78 bits per heavy atom. The molecule has 3 rings (SSSR count). The van der Waals surface area contributed by atoms with Gasteiger partial charge < -0.3 is 9.64 Å². The first-order valence-corrected chi connectivity index (χ1v) is 7.78. The maximum Gasteiger partial charge on any atom is 0.253 e. The van der Waals surface area contributed by atoms with Crippen molar-refractivity contribution in [1.82, 2.24) is 4.90 Å². The van der Waals surface area contributed by atoms with Gasteiger partial charge in [0.2, 0.25) is 0 Å². The Balaban J connectivity index is 1.63. The smallest absolute Gasteiger partial charge is 0.253 e. The topological polar surface area (TPSA) is 53.3 Å². The molecule has 116 valence electrons. The van der Waals surface area contributed by atoms with Crippen LogP contribution in [0.3, 0.4) is 0 Å². The van der Waals surface area contributed by atoms with Crippen molar-refractivity contribution in [1.29, 1.82) is 5.26 Å². The van der Waals surface area contributed by atoms with E-state index in [1.165, 1.54) is 0 Å². The highest BCUT2D eigenvalue weighted by molar-refractivity contribution is 5.94. The standard InChI is InChI=1S/C19H18N2O2/c20-13-16-5-1-2-6-17(16)14-23-18-9-7-15(8-10-18)19(22)21-11-3-4-12-21/h1-2,5-10H,3-4,11-12,14H2. The quantitative estimate of drug-likeness (QED) is 0.870. The number of hydrogen-bond donors (Lipinski definition) is 0. The lowest BCUT2D eigenvalue weighted by Crippen LogP contribution is -2.27. The lowest BCUT2D eigenvalue weighted by Gasteiger charge is -2.15. The van der Waals surface area contributed by atoms with E-state index in [9.17, 15) is 4.79 Å². The number of ether oxygens (including phenoxy) is 1. The first-order valence-electron chi connectivity index (χ1n) is 7.78. The molecular formula is C19H18N2O2. The molecular weight excluding hydrogens is 288 g/mol. The molecule has 0 unspecified atom stereocenters. The van der Waals surface area contributed by atoms with Gasteiger partial charge in [-0.05, 0) is 43.2 Å². The second-order valence-corrected chi connectivity index (χ2v) is 5.58. The zero-order chi connectivity index (χ0) is 16.1. The lowest BCUT2D eigenvalue weighted by atomic mass is 10.1. The maximum atomic E-state index is 12.3. The molecule has 0 saturated carbocycles. The number of likely N-dealkylation sites (tertiary alicyclic amines) is 1. The highest BCUT2D eigenvalue weighted by Crippen LogP contribution is 2.18. The summed E-state index contributed by atoms with van der Waals surface area (Å²) in [6.45, 7) is 2.03. The number of carbonyl (C=O) groups excluding carboxylic acids is 1. The molecule has 1 amide bonds. The van der Waals surface area contributed by atoms with Gasteiger partial charge in [0.1, 0.15) is 12.4 Å². The van der Waals surface area contributed by atoms with E-state index in [0.717, 1.165) is 31.5 Å². The number of rotatable bonds is 4. The number of nitrogens with zero attached hydrogens (tertiary/aromatic N) is 2. The van der Waals surface area contributed by atoms with Gasteiger partial charge in [-0.2, -0.15) is 5.26 Å². The highest BCUT2D eigenvalue weighted by Gasteiger charge is 2.19. The zero-order valence-electron chi connectivity index (χ0n) is 12.9. The van der Waals surface area contributed by atoms with Crippen molar-refractivity contribution in [2.24, 2.45) is 0 Å². The van der Waals surface area contributed by atoms with Crippen LogP contribution in [0.4, 0.5) is 0 Å². The number of amides is 1. The predicted molar refractivity (Wildman–Crippen MR) is 87.1 cm³/mol. The zero-order valence-corrected chi connectivity index (χ0v) is 12.9. The van der Waals surface area contributed by atoms with Gasteiger partial charge in [0, 0.05) is 24.2 Å². The van der Waals surface area contributed by atoms with Gasteiger partial charge in [0.05, 0.1) is 11.6 Å². The van der Waals surface area contributed by atoms with Crippen LogP contribution >= 0.6 is 0 Å². The summed E-state index contributed by atoms with van der Waals surface area (Å²) in [4.78, 5) is 14.2.